The number of rotatable bonds is 2. The Morgan fingerprint density at radius 1 is 1.07 bits per heavy atom. The first kappa shape index (κ1) is 18.7. The summed E-state index contributed by atoms with van der Waals surface area (Å²) in [5, 5.41) is -0.331. The van der Waals surface area contributed by atoms with Crippen LogP contribution >= 0.6 is 0 Å². The Balaban J connectivity index is 1.63. The van der Waals surface area contributed by atoms with Crippen LogP contribution in [-0.4, -0.2) is 38.8 Å². The van der Waals surface area contributed by atoms with Gasteiger partial charge < -0.3 is 16.4 Å². The summed E-state index contributed by atoms with van der Waals surface area (Å²) < 4.78 is 40.9. The molecular formula is C18H21F3N6O. The molecule has 7 nitrogen and oxygen atoms in total. The number of hydrogen-bond acceptors (Lipinski definition) is 6. The molecule has 2 aromatic rings. The normalized spacial score (nSPS) is 19.0. The van der Waals surface area contributed by atoms with Gasteiger partial charge in [-0.15, -0.1) is 0 Å². The highest BCUT2D eigenvalue weighted by atomic mass is 19.4. The zero-order valence-corrected chi connectivity index (χ0v) is 15.2. The number of likely N-dealkylation sites (tertiary alicyclic amines) is 1. The molecule has 2 aromatic heterocycles. The maximum Gasteiger partial charge on any atom is 0.417 e. The number of fused-ring (bicyclic) bond motifs is 1. The summed E-state index contributed by atoms with van der Waals surface area (Å²) in [6.07, 6.45) is -0.549. The number of carbonyl (C=O) groups is 1. The molecule has 3 heterocycles. The van der Waals surface area contributed by atoms with E-state index >= 15 is 0 Å². The van der Waals surface area contributed by atoms with E-state index in [0.717, 1.165) is 25.3 Å². The van der Waals surface area contributed by atoms with Crippen LogP contribution in [0.25, 0.3) is 11.0 Å². The van der Waals surface area contributed by atoms with Gasteiger partial charge in [-0.1, -0.05) is 6.42 Å². The Morgan fingerprint density at radius 2 is 1.75 bits per heavy atom. The van der Waals surface area contributed by atoms with Crippen LogP contribution in [0.2, 0.25) is 0 Å². The van der Waals surface area contributed by atoms with Crippen molar-refractivity contribution in [3.8, 4) is 0 Å². The lowest BCUT2D eigenvalue weighted by molar-refractivity contribution is -0.139. The molecule has 2 fully saturated rings. The Labute approximate surface area is 159 Å². The van der Waals surface area contributed by atoms with Crippen LogP contribution < -0.4 is 11.5 Å². The number of aromatic nitrogens is 3. The average Bonchev–Trinajstić information content (AvgIpc) is 2.58. The number of pyridine rings is 1. The molecule has 0 aromatic carbocycles. The molecule has 1 saturated heterocycles. The fourth-order valence-electron chi connectivity index (χ4n) is 3.94. The van der Waals surface area contributed by atoms with E-state index in [2.05, 4.69) is 15.0 Å². The molecule has 4 N–H and O–H groups in total. The Morgan fingerprint density at radius 3 is 2.32 bits per heavy atom. The third-order valence-electron chi connectivity index (χ3n) is 5.72. The molecule has 1 aliphatic carbocycles. The predicted octanol–water partition coefficient (Wildman–Crippen LogP) is 2.71. The number of carbonyl (C=O) groups excluding carboxylic acids is 1. The Bertz CT molecular complexity index is 920. The molecule has 4 rings (SSSR count). The summed E-state index contributed by atoms with van der Waals surface area (Å²) in [6, 6.07) is 1.03. The SMILES string of the molecule is Nc1nc(N)c2c(C(F)(F)F)cc(C3CCN(C(=O)C4CCC4)CC3)nc2n1. The summed E-state index contributed by atoms with van der Waals surface area (Å²) >= 11 is 0. The minimum Gasteiger partial charge on any atom is -0.383 e. The molecule has 28 heavy (non-hydrogen) atoms. The van der Waals surface area contributed by atoms with Gasteiger partial charge in [0.25, 0.3) is 0 Å². The van der Waals surface area contributed by atoms with Crippen molar-refractivity contribution in [1.29, 1.82) is 0 Å². The molecule has 150 valence electrons. The molecule has 2 aliphatic rings. The predicted molar refractivity (Wildman–Crippen MR) is 97.1 cm³/mol. The lowest BCUT2D eigenvalue weighted by atomic mass is 9.83. The molecule has 0 radical (unpaired) electrons. The van der Waals surface area contributed by atoms with Gasteiger partial charge in [0.05, 0.1) is 10.9 Å². The van der Waals surface area contributed by atoms with Crippen LogP contribution in [0, 0.1) is 5.92 Å². The van der Waals surface area contributed by atoms with Crippen LogP contribution in [0.15, 0.2) is 6.07 Å². The second kappa shape index (κ2) is 6.75. The number of amides is 1. The highest BCUT2D eigenvalue weighted by Gasteiger charge is 2.37. The summed E-state index contributed by atoms with van der Waals surface area (Å²) in [5.74, 6) is -0.456. The third kappa shape index (κ3) is 3.31. The zero-order chi connectivity index (χ0) is 20.1. The fraction of sp³-hybridized carbons (Fsp3) is 0.556. The van der Waals surface area contributed by atoms with E-state index in [4.69, 9.17) is 11.5 Å². The number of nitrogen functional groups attached to an aromatic ring is 2. The topological polar surface area (TPSA) is 111 Å². The molecule has 10 heteroatoms. The van der Waals surface area contributed by atoms with E-state index in [1.165, 1.54) is 0 Å². The van der Waals surface area contributed by atoms with Gasteiger partial charge in [0.1, 0.15) is 5.82 Å². The highest BCUT2D eigenvalue weighted by molar-refractivity contribution is 5.90. The van der Waals surface area contributed by atoms with Gasteiger partial charge in [-0.3, -0.25) is 4.79 Å². The smallest absolute Gasteiger partial charge is 0.383 e. The minimum absolute atomic E-state index is 0.120. The lowest BCUT2D eigenvalue weighted by Gasteiger charge is -2.36. The van der Waals surface area contributed by atoms with E-state index in [9.17, 15) is 18.0 Å². The number of piperidine rings is 1. The van der Waals surface area contributed by atoms with Gasteiger partial charge in [0.15, 0.2) is 5.65 Å². The van der Waals surface area contributed by atoms with Gasteiger partial charge in [-0.25, -0.2) is 4.98 Å². The van der Waals surface area contributed by atoms with Crippen molar-refractivity contribution in [2.24, 2.45) is 5.92 Å². The largest absolute Gasteiger partial charge is 0.417 e. The number of halogens is 3. The first-order valence-electron chi connectivity index (χ1n) is 9.33. The monoisotopic (exact) mass is 394 g/mol. The minimum atomic E-state index is -4.62. The lowest BCUT2D eigenvalue weighted by Crippen LogP contribution is -2.43. The van der Waals surface area contributed by atoms with Gasteiger partial charge >= 0.3 is 6.18 Å². The van der Waals surface area contributed by atoms with Gasteiger partial charge in [0, 0.05) is 30.6 Å². The summed E-state index contributed by atoms with van der Waals surface area (Å²) in [6.45, 7) is 1.05. The number of hydrogen-bond donors (Lipinski definition) is 2. The second-order valence-corrected chi connectivity index (χ2v) is 7.49. The van der Waals surface area contributed by atoms with Crippen molar-refractivity contribution in [3.05, 3.63) is 17.3 Å². The molecule has 1 aliphatic heterocycles. The number of anilines is 2. The van der Waals surface area contributed by atoms with E-state index in [0.29, 0.717) is 31.6 Å². The Kier molecular flexibility index (Phi) is 4.51. The molecule has 1 amide bonds. The van der Waals surface area contributed by atoms with Crippen LogP contribution in [0.3, 0.4) is 0 Å². The van der Waals surface area contributed by atoms with Gasteiger partial charge in [-0.2, -0.15) is 23.1 Å². The van der Waals surface area contributed by atoms with Crippen LogP contribution in [0.4, 0.5) is 24.9 Å². The van der Waals surface area contributed by atoms with Crippen molar-refractivity contribution >= 4 is 28.7 Å². The standard InChI is InChI=1S/C18H21F3N6O/c19-18(20,21)11-8-12(24-15-13(11)14(22)25-17(23)26-15)9-4-6-27(7-5-9)16(28)10-2-1-3-10/h8-10H,1-7H2,(H4,22,23,24,25,26). The van der Waals surface area contributed by atoms with Crippen molar-refractivity contribution in [2.45, 2.75) is 44.2 Å². The molecule has 0 spiro atoms. The number of alkyl halides is 3. The highest BCUT2D eigenvalue weighted by Crippen LogP contribution is 2.39. The number of nitrogens with two attached hydrogens (primary N) is 2. The first-order chi connectivity index (χ1) is 13.2. The van der Waals surface area contributed by atoms with E-state index in [1.807, 2.05) is 4.90 Å². The van der Waals surface area contributed by atoms with E-state index in [-0.39, 0.29) is 40.5 Å². The molecule has 1 saturated carbocycles. The zero-order valence-electron chi connectivity index (χ0n) is 15.2. The van der Waals surface area contributed by atoms with Crippen molar-refractivity contribution in [3.63, 3.8) is 0 Å². The molecule has 0 bridgehead atoms. The van der Waals surface area contributed by atoms with Crippen LogP contribution in [0.1, 0.15) is 49.3 Å². The van der Waals surface area contributed by atoms with Gasteiger partial charge in [0.2, 0.25) is 11.9 Å². The third-order valence-corrected chi connectivity index (χ3v) is 5.72. The fourth-order valence-corrected chi connectivity index (χ4v) is 3.94. The van der Waals surface area contributed by atoms with Crippen LogP contribution in [-0.2, 0) is 11.0 Å². The molecular weight excluding hydrogens is 373 g/mol. The maximum atomic E-state index is 13.6. The quantitative estimate of drug-likeness (QED) is 0.810. The van der Waals surface area contributed by atoms with Gasteiger partial charge in [-0.05, 0) is 31.7 Å². The van der Waals surface area contributed by atoms with Crippen molar-refractivity contribution in [2.75, 3.05) is 24.6 Å². The average molecular weight is 394 g/mol. The van der Waals surface area contributed by atoms with Crippen LogP contribution in [0.5, 0.6) is 0 Å². The van der Waals surface area contributed by atoms with E-state index < -0.39 is 11.7 Å². The number of nitrogens with zero attached hydrogens (tertiary/aromatic N) is 4. The molecule has 0 atom stereocenters. The summed E-state index contributed by atoms with van der Waals surface area (Å²) in [4.78, 5) is 26.0. The first-order valence-corrected chi connectivity index (χ1v) is 9.33. The Hall–Kier alpha value is -2.65. The second-order valence-electron chi connectivity index (χ2n) is 7.49. The molecule has 0 unspecified atom stereocenters. The van der Waals surface area contributed by atoms with Crippen molar-refractivity contribution in [1.82, 2.24) is 19.9 Å². The summed E-state index contributed by atoms with van der Waals surface area (Å²) in [5.41, 5.74) is 10.5. The maximum absolute atomic E-state index is 13.6. The summed E-state index contributed by atoms with van der Waals surface area (Å²) in [7, 11) is 0. The van der Waals surface area contributed by atoms with E-state index in [1.54, 1.807) is 0 Å². The van der Waals surface area contributed by atoms with Crippen molar-refractivity contribution < 1.29 is 18.0 Å².